The molecule has 0 rings (SSSR count). The van der Waals surface area contributed by atoms with Gasteiger partial charge in [-0.05, 0) is 19.3 Å². The van der Waals surface area contributed by atoms with Crippen molar-refractivity contribution in [1.29, 1.82) is 0 Å². The summed E-state index contributed by atoms with van der Waals surface area (Å²) in [7, 11) is 1.58. The van der Waals surface area contributed by atoms with E-state index in [9.17, 15) is 9.59 Å². The Kier molecular flexibility index (Phi) is 33.1. The zero-order valence-corrected chi connectivity index (χ0v) is 28.5. The molecule has 0 spiro atoms. The number of ether oxygens (including phenoxy) is 2. The first kappa shape index (κ1) is 40.7. The molecule has 2 amide bonds. The standard InChI is InChI=1S/C36H72N2O4/c1-4-6-8-10-12-14-16-18-20-22-24-26-31-38(35(39)29-28-30-37-36(40)42-34-33-41-3)32-27-25-23-21-19-17-15-13-11-9-7-5-2/h4-34H2,1-3H3,(H,37,40). The lowest BCUT2D eigenvalue weighted by Gasteiger charge is -2.23. The van der Waals surface area contributed by atoms with Crippen LogP contribution in [0, 0.1) is 0 Å². The number of nitrogens with one attached hydrogen (secondary N) is 1. The molecule has 0 heterocycles. The summed E-state index contributed by atoms with van der Waals surface area (Å²) in [6.07, 6.45) is 32.7. The van der Waals surface area contributed by atoms with Crippen LogP contribution in [-0.2, 0) is 14.3 Å². The number of methoxy groups -OCH3 is 1. The molecule has 0 fully saturated rings. The lowest BCUT2D eigenvalue weighted by molar-refractivity contribution is -0.131. The van der Waals surface area contributed by atoms with E-state index >= 15 is 0 Å². The Morgan fingerprint density at radius 1 is 0.524 bits per heavy atom. The molecule has 0 aromatic carbocycles. The smallest absolute Gasteiger partial charge is 0.407 e. The molecule has 0 bridgehead atoms. The van der Waals surface area contributed by atoms with Gasteiger partial charge in [-0.2, -0.15) is 0 Å². The van der Waals surface area contributed by atoms with Crippen molar-refractivity contribution in [2.24, 2.45) is 0 Å². The third-order valence-electron chi connectivity index (χ3n) is 8.27. The number of rotatable bonds is 33. The predicted octanol–water partition coefficient (Wildman–Crippen LogP) is 10.4. The highest BCUT2D eigenvalue weighted by Crippen LogP contribution is 2.14. The van der Waals surface area contributed by atoms with E-state index in [1.54, 1.807) is 7.11 Å². The van der Waals surface area contributed by atoms with Gasteiger partial charge in [-0.3, -0.25) is 4.79 Å². The van der Waals surface area contributed by atoms with Crippen LogP contribution in [0.1, 0.15) is 181 Å². The van der Waals surface area contributed by atoms with Gasteiger partial charge in [0, 0.05) is 33.2 Å². The summed E-state index contributed by atoms with van der Waals surface area (Å²) in [5.41, 5.74) is 0. The van der Waals surface area contributed by atoms with Gasteiger partial charge in [0.05, 0.1) is 6.61 Å². The molecule has 0 radical (unpaired) electrons. The lowest BCUT2D eigenvalue weighted by Crippen LogP contribution is -2.34. The van der Waals surface area contributed by atoms with Crippen molar-refractivity contribution in [1.82, 2.24) is 10.2 Å². The Bertz CT molecular complexity index is 545. The van der Waals surface area contributed by atoms with E-state index in [1.165, 1.54) is 141 Å². The third-order valence-corrected chi connectivity index (χ3v) is 8.27. The van der Waals surface area contributed by atoms with Crippen LogP contribution in [0.4, 0.5) is 4.79 Å². The maximum Gasteiger partial charge on any atom is 0.407 e. The minimum Gasteiger partial charge on any atom is -0.447 e. The highest BCUT2D eigenvalue weighted by atomic mass is 16.6. The Hall–Kier alpha value is -1.30. The SMILES string of the molecule is CCCCCCCCCCCCCCN(CCCCCCCCCCCCCC)C(=O)CCCNC(=O)OCCOC. The summed E-state index contributed by atoms with van der Waals surface area (Å²) in [5.74, 6) is 0.232. The van der Waals surface area contributed by atoms with Gasteiger partial charge in [-0.1, -0.05) is 155 Å². The van der Waals surface area contributed by atoms with Gasteiger partial charge in [-0.25, -0.2) is 4.79 Å². The number of hydrogen-bond acceptors (Lipinski definition) is 4. The van der Waals surface area contributed by atoms with Crippen molar-refractivity contribution in [2.75, 3.05) is 40.0 Å². The molecule has 0 saturated carbocycles. The summed E-state index contributed by atoms with van der Waals surface area (Å²) in [5, 5.41) is 2.74. The summed E-state index contributed by atoms with van der Waals surface area (Å²) in [6, 6.07) is 0. The van der Waals surface area contributed by atoms with E-state index in [0.29, 0.717) is 26.0 Å². The molecule has 0 aromatic rings. The Morgan fingerprint density at radius 2 is 0.905 bits per heavy atom. The molecule has 6 heteroatoms. The second-order valence-corrected chi connectivity index (χ2v) is 12.3. The van der Waals surface area contributed by atoms with Gasteiger partial charge in [0.25, 0.3) is 0 Å². The van der Waals surface area contributed by atoms with Crippen LogP contribution in [0.2, 0.25) is 0 Å². The van der Waals surface area contributed by atoms with Crippen LogP contribution >= 0.6 is 0 Å². The maximum absolute atomic E-state index is 13.0. The van der Waals surface area contributed by atoms with Crippen LogP contribution in [-0.4, -0.2) is 56.9 Å². The third kappa shape index (κ3) is 30.2. The molecule has 6 nitrogen and oxygen atoms in total. The van der Waals surface area contributed by atoms with Gasteiger partial charge in [0.2, 0.25) is 5.91 Å². The molecule has 0 aromatic heterocycles. The summed E-state index contributed by atoms with van der Waals surface area (Å²) >= 11 is 0. The van der Waals surface area contributed by atoms with E-state index in [1.807, 2.05) is 0 Å². The minimum atomic E-state index is -0.440. The number of hydrogen-bond donors (Lipinski definition) is 1. The fourth-order valence-corrected chi connectivity index (χ4v) is 5.51. The number of amides is 2. The molecule has 42 heavy (non-hydrogen) atoms. The number of carbonyl (C=O) groups is 2. The fourth-order valence-electron chi connectivity index (χ4n) is 5.51. The van der Waals surface area contributed by atoms with Crippen molar-refractivity contribution >= 4 is 12.0 Å². The van der Waals surface area contributed by atoms with Crippen molar-refractivity contribution in [3.63, 3.8) is 0 Å². The number of nitrogens with zero attached hydrogens (tertiary/aromatic N) is 1. The molecule has 0 saturated heterocycles. The first-order valence-corrected chi connectivity index (χ1v) is 18.3. The number of carbonyl (C=O) groups excluding carboxylic acids is 2. The molecule has 1 N–H and O–H groups in total. The first-order valence-electron chi connectivity index (χ1n) is 18.3. The molecule has 0 aliphatic carbocycles. The Balaban J connectivity index is 4.13. The normalized spacial score (nSPS) is 11.1. The average Bonchev–Trinajstić information content (AvgIpc) is 2.99. The topological polar surface area (TPSA) is 67.9 Å². The van der Waals surface area contributed by atoms with E-state index in [0.717, 1.165) is 25.9 Å². The summed E-state index contributed by atoms with van der Waals surface area (Å²) in [4.78, 5) is 26.8. The number of unbranched alkanes of at least 4 members (excludes halogenated alkanes) is 22. The van der Waals surface area contributed by atoms with Gasteiger partial charge >= 0.3 is 6.09 Å². The first-order chi connectivity index (χ1) is 20.7. The van der Waals surface area contributed by atoms with Crippen molar-refractivity contribution in [3.05, 3.63) is 0 Å². The van der Waals surface area contributed by atoms with Gasteiger partial charge in [-0.15, -0.1) is 0 Å². The van der Waals surface area contributed by atoms with Gasteiger partial charge in [0.15, 0.2) is 0 Å². The zero-order chi connectivity index (χ0) is 30.8. The van der Waals surface area contributed by atoms with E-state index < -0.39 is 6.09 Å². The van der Waals surface area contributed by atoms with Gasteiger partial charge in [0.1, 0.15) is 6.61 Å². The largest absolute Gasteiger partial charge is 0.447 e. The lowest BCUT2D eigenvalue weighted by atomic mass is 10.0. The highest BCUT2D eigenvalue weighted by molar-refractivity contribution is 5.76. The maximum atomic E-state index is 13.0. The van der Waals surface area contributed by atoms with Crippen LogP contribution in [0.3, 0.4) is 0 Å². The second kappa shape index (κ2) is 34.2. The van der Waals surface area contributed by atoms with Crippen LogP contribution in [0.5, 0.6) is 0 Å². The molecule has 0 aliphatic rings. The molecular formula is C36H72N2O4. The van der Waals surface area contributed by atoms with Gasteiger partial charge < -0.3 is 19.7 Å². The Morgan fingerprint density at radius 3 is 1.29 bits per heavy atom. The number of alkyl carbamates (subject to hydrolysis) is 1. The van der Waals surface area contributed by atoms with Crippen molar-refractivity contribution < 1.29 is 19.1 Å². The molecule has 250 valence electrons. The van der Waals surface area contributed by atoms with E-state index in [2.05, 4.69) is 24.1 Å². The van der Waals surface area contributed by atoms with Crippen molar-refractivity contribution in [3.8, 4) is 0 Å². The van der Waals surface area contributed by atoms with E-state index in [-0.39, 0.29) is 12.5 Å². The van der Waals surface area contributed by atoms with E-state index in [4.69, 9.17) is 9.47 Å². The monoisotopic (exact) mass is 597 g/mol. The quantitative estimate of drug-likeness (QED) is 0.0765. The zero-order valence-electron chi connectivity index (χ0n) is 28.5. The van der Waals surface area contributed by atoms with Crippen LogP contribution in [0.25, 0.3) is 0 Å². The van der Waals surface area contributed by atoms with Crippen LogP contribution in [0.15, 0.2) is 0 Å². The molecule has 0 atom stereocenters. The summed E-state index contributed by atoms with van der Waals surface area (Å²) in [6.45, 7) is 7.40. The molecule has 0 aliphatic heterocycles. The second-order valence-electron chi connectivity index (χ2n) is 12.3. The Labute approximate surface area is 261 Å². The molecule has 0 unspecified atom stereocenters. The predicted molar refractivity (Wildman–Crippen MR) is 179 cm³/mol. The molecular weight excluding hydrogens is 524 g/mol. The van der Waals surface area contributed by atoms with Crippen LogP contribution < -0.4 is 5.32 Å². The average molecular weight is 597 g/mol. The fraction of sp³-hybridized carbons (Fsp3) is 0.944. The summed E-state index contributed by atoms with van der Waals surface area (Å²) < 4.78 is 9.91. The highest BCUT2D eigenvalue weighted by Gasteiger charge is 2.13. The minimum absolute atomic E-state index is 0.232. The van der Waals surface area contributed by atoms with Crippen molar-refractivity contribution in [2.45, 2.75) is 181 Å².